The van der Waals surface area contributed by atoms with Crippen molar-refractivity contribution in [3.05, 3.63) is 0 Å². The van der Waals surface area contributed by atoms with Crippen LogP contribution in [-0.4, -0.2) is 25.2 Å². The predicted octanol–water partition coefficient (Wildman–Crippen LogP) is 2.50. The first-order valence-electron chi connectivity index (χ1n) is 7.04. The molecule has 2 saturated carbocycles. The molecule has 0 saturated heterocycles. The van der Waals surface area contributed by atoms with Gasteiger partial charge in [-0.25, -0.2) is 0 Å². The van der Waals surface area contributed by atoms with Crippen molar-refractivity contribution in [3.8, 4) is 0 Å². The molecule has 0 heterocycles. The van der Waals surface area contributed by atoms with Crippen molar-refractivity contribution in [1.29, 1.82) is 0 Å². The molecule has 1 amide bonds. The van der Waals surface area contributed by atoms with Gasteiger partial charge in [-0.1, -0.05) is 19.8 Å². The molecule has 3 atom stereocenters. The van der Waals surface area contributed by atoms with Crippen molar-refractivity contribution >= 4 is 5.91 Å². The van der Waals surface area contributed by atoms with Gasteiger partial charge in [0.2, 0.25) is 5.91 Å². The first-order valence-corrected chi connectivity index (χ1v) is 7.04. The second-order valence-electron chi connectivity index (χ2n) is 5.75. The predicted molar refractivity (Wildman–Crippen MR) is 67.7 cm³/mol. The summed E-state index contributed by atoms with van der Waals surface area (Å²) in [4.78, 5) is 12.0. The Hall–Kier alpha value is -0.570. The lowest BCUT2D eigenvalue weighted by molar-refractivity contribution is -0.126. The van der Waals surface area contributed by atoms with E-state index in [-0.39, 0.29) is 11.8 Å². The van der Waals surface area contributed by atoms with Crippen LogP contribution >= 0.6 is 0 Å². The molecule has 2 aliphatic carbocycles. The molecule has 0 bridgehead atoms. The molecule has 3 heteroatoms. The lowest BCUT2D eigenvalue weighted by Gasteiger charge is -2.34. The summed E-state index contributed by atoms with van der Waals surface area (Å²) in [6.45, 7) is 2.24. The van der Waals surface area contributed by atoms with Gasteiger partial charge >= 0.3 is 0 Å². The van der Waals surface area contributed by atoms with Crippen LogP contribution in [0.2, 0.25) is 0 Å². The van der Waals surface area contributed by atoms with Gasteiger partial charge in [0.1, 0.15) is 0 Å². The molecule has 0 aliphatic heterocycles. The highest BCUT2D eigenvalue weighted by atomic mass is 16.5. The molecule has 0 aromatic heterocycles. The summed E-state index contributed by atoms with van der Waals surface area (Å²) < 4.78 is 5.49. The molecule has 0 aromatic rings. The van der Waals surface area contributed by atoms with E-state index in [0.29, 0.717) is 18.1 Å². The number of nitrogens with one attached hydrogen (secondary N) is 1. The average molecular weight is 239 g/mol. The van der Waals surface area contributed by atoms with Crippen LogP contribution in [0.5, 0.6) is 0 Å². The highest BCUT2D eigenvalue weighted by Crippen LogP contribution is 2.28. The maximum atomic E-state index is 12.0. The zero-order chi connectivity index (χ0) is 12.3. The Balaban J connectivity index is 1.80. The van der Waals surface area contributed by atoms with Gasteiger partial charge < -0.3 is 10.1 Å². The third-order valence-electron chi connectivity index (χ3n) is 4.50. The smallest absolute Gasteiger partial charge is 0.223 e. The minimum atomic E-state index is 0.287. The molecule has 3 nitrogen and oxygen atoms in total. The van der Waals surface area contributed by atoms with Crippen molar-refractivity contribution < 1.29 is 9.53 Å². The average Bonchev–Trinajstić information content (AvgIpc) is 2.85. The van der Waals surface area contributed by atoms with E-state index in [4.69, 9.17) is 4.74 Å². The van der Waals surface area contributed by atoms with Crippen LogP contribution in [0.1, 0.15) is 51.9 Å². The Morgan fingerprint density at radius 1 is 1.18 bits per heavy atom. The first-order chi connectivity index (χ1) is 8.20. The molecule has 2 aliphatic rings. The normalized spacial score (nSPS) is 34.8. The molecule has 3 unspecified atom stereocenters. The van der Waals surface area contributed by atoms with Gasteiger partial charge in [-0.15, -0.1) is 0 Å². The maximum absolute atomic E-state index is 12.0. The van der Waals surface area contributed by atoms with Gasteiger partial charge in [0.25, 0.3) is 0 Å². The second-order valence-corrected chi connectivity index (χ2v) is 5.75. The van der Waals surface area contributed by atoms with Crippen molar-refractivity contribution in [1.82, 2.24) is 5.32 Å². The van der Waals surface area contributed by atoms with E-state index in [9.17, 15) is 4.79 Å². The highest BCUT2D eigenvalue weighted by molar-refractivity contribution is 5.79. The van der Waals surface area contributed by atoms with E-state index in [1.54, 1.807) is 7.11 Å². The summed E-state index contributed by atoms with van der Waals surface area (Å²) in [5, 5.41) is 3.23. The van der Waals surface area contributed by atoms with Crippen LogP contribution in [0.15, 0.2) is 0 Å². The Labute approximate surface area is 104 Å². The number of hydrogen-bond donors (Lipinski definition) is 1. The van der Waals surface area contributed by atoms with Gasteiger partial charge in [-0.3, -0.25) is 4.79 Å². The number of amides is 1. The van der Waals surface area contributed by atoms with Crippen LogP contribution in [0.25, 0.3) is 0 Å². The zero-order valence-electron chi connectivity index (χ0n) is 11.1. The fraction of sp³-hybridized carbons (Fsp3) is 0.929. The van der Waals surface area contributed by atoms with Gasteiger partial charge in [0.05, 0.1) is 6.10 Å². The third-order valence-corrected chi connectivity index (χ3v) is 4.50. The van der Waals surface area contributed by atoms with Crippen molar-refractivity contribution in [3.63, 3.8) is 0 Å². The number of hydrogen-bond acceptors (Lipinski definition) is 2. The monoisotopic (exact) mass is 239 g/mol. The van der Waals surface area contributed by atoms with Gasteiger partial charge in [-0.05, 0) is 38.0 Å². The fourth-order valence-electron chi connectivity index (χ4n) is 3.25. The minimum absolute atomic E-state index is 0.287. The molecular formula is C14H25NO2. The molecular weight excluding hydrogens is 214 g/mol. The van der Waals surface area contributed by atoms with E-state index in [1.807, 2.05) is 0 Å². The molecule has 0 radical (unpaired) electrons. The largest absolute Gasteiger partial charge is 0.381 e. The van der Waals surface area contributed by atoms with Crippen molar-refractivity contribution in [2.45, 2.75) is 64.0 Å². The number of rotatable bonds is 3. The van der Waals surface area contributed by atoms with Gasteiger partial charge in [0, 0.05) is 19.1 Å². The van der Waals surface area contributed by atoms with E-state index in [1.165, 1.54) is 12.8 Å². The van der Waals surface area contributed by atoms with E-state index >= 15 is 0 Å². The Morgan fingerprint density at radius 2 is 1.88 bits per heavy atom. The summed E-state index contributed by atoms with van der Waals surface area (Å²) >= 11 is 0. The molecule has 2 rings (SSSR count). The Bertz CT molecular complexity index is 261. The molecule has 2 fully saturated rings. The summed E-state index contributed by atoms with van der Waals surface area (Å²) in [6, 6.07) is 0.337. The van der Waals surface area contributed by atoms with Crippen molar-refractivity contribution in [2.24, 2.45) is 11.8 Å². The molecule has 1 N–H and O–H groups in total. The van der Waals surface area contributed by atoms with E-state index in [0.717, 1.165) is 32.1 Å². The summed E-state index contributed by atoms with van der Waals surface area (Å²) in [5.41, 5.74) is 0. The highest BCUT2D eigenvalue weighted by Gasteiger charge is 2.30. The summed E-state index contributed by atoms with van der Waals surface area (Å²) in [7, 11) is 1.78. The quantitative estimate of drug-likeness (QED) is 0.821. The zero-order valence-corrected chi connectivity index (χ0v) is 11.1. The second kappa shape index (κ2) is 5.85. The van der Waals surface area contributed by atoms with Crippen LogP contribution in [-0.2, 0) is 9.53 Å². The Morgan fingerprint density at radius 3 is 2.53 bits per heavy atom. The lowest BCUT2D eigenvalue weighted by atomic mass is 9.84. The number of methoxy groups -OCH3 is 1. The number of ether oxygens (including phenoxy) is 1. The molecule has 0 spiro atoms. The summed E-state index contributed by atoms with van der Waals surface area (Å²) in [6.07, 6.45) is 8.19. The van der Waals surface area contributed by atoms with E-state index < -0.39 is 0 Å². The topological polar surface area (TPSA) is 38.3 Å². The van der Waals surface area contributed by atoms with Gasteiger partial charge in [-0.2, -0.15) is 0 Å². The van der Waals surface area contributed by atoms with Crippen LogP contribution in [0, 0.1) is 11.8 Å². The molecule has 98 valence electrons. The van der Waals surface area contributed by atoms with E-state index in [2.05, 4.69) is 12.2 Å². The van der Waals surface area contributed by atoms with Crippen molar-refractivity contribution in [2.75, 3.05) is 7.11 Å². The van der Waals surface area contributed by atoms with Crippen LogP contribution in [0.3, 0.4) is 0 Å². The van der Waals surface area contributed by atoms with Crippen LogP contribution < -0.4 is 5.32 Å². The SMILES string of the molecule is COC1CC(NC(=O)C2CCCC2)CCC1C. The third kappa shape index (κ3) is 3.21. The maximum Gasteiger partial charge on any atom is 0.223 e. The lowest BCUT2D eigenvalue weighted by Crippen LogP contribution is -2.44. The number of carbonyl (C=O) groups excluding carboxylic acids is 1. The first kappa shape index (κ1) is 12.9. The minimum Gasteiger partial charge on any atom is -0.381 e. The molecule has 17 heavy (non-hydrogen) atoms. The molecule has 0 aromatic carbocycles. The van der Waals surface area contributed by atoms with Crippen LogP contribution in [0.4, 0.5) is 0 Å². The standard InChI is InChI=1S/C14H25NO2/c1-10-7-8-12(9-13(10)17-2)15-14(16)11-5-3-4-6-11/h10-13H,3-9H2,1-2H3,(H,15,16). The summed E-state index contributed by atoms with van der Waals surface area (Å²) in [5.74, 6) is 1.20. The number of carbonyl (C=O) groups is 1. The Kier molecular flexibility index (Phi) is 4.43. The van der Waals surface area contributed by atoms with Gasteiger partial charge in [0.15, 0.2) is 0 Å². The fourth-order valence-corrected chi connectivity index (χ4v) is 3.25.